The third kappa shape index (κ3) is 4.00. The van der Waals surface area contributed by atoms with E-state index in [2.05, 4.69) is 23.9 Å². The molecule has 0 amide bonds. The second kappa shape index (κ2) is 6.74. The van der Waals surface area contributed by atoms with E-state index < -0.39 is 0 Å². The van der Waals surface area contributed by atoms with Crippen molar-refractivity contribution in [3.8, 4) is 0 Å². The second-order valence-corrected chi connectivity index (χ2v) is 4.96. The zero-order valence-electron chi connectivity index (χ0n) is 10.5. The molecule has 1 saturated carbocycles. The Balaban J connectivity index is 2.46. The molecule has 4 nitrogen and oxygen atoms in total. The van der Waals surface area contributed by atoms with Crippen molar-refractivity contribution in [2.24, 2.45) is 10.9 Å². The molecule has 94 valence electrons. The lowest BCUT2D eigenvalue weighted by atomic mass is 9.93. The number of nitrogens with zero attached hydrogens (tertiary/aromatic N) is 2. The molecule has 0 radical (unpaired) electrons. The van der Waals surface area contributed by atoms with Crippen molar-refractivity contribution >= 4 is 5.84 Å². The van der Waals surface area contributed by atoms with Crippen LogP contribution in [0.25, 0.3) is 0 Å². The van der Waals surface area contributed by atoms with Crippen LogP contribution in [-0.4, -0.2) is 34.6 Å². The highest BCUT2D eigenvalue weighted by Crippen LogP contribution is 2.24. The Labute approximate surface area is 98.5 Å². The molecule has 0 aromatic heterocycles. The molecule has 4 heteroatoms. The first-order chi connectivity index (χ1) is 7.65. The lowest BCUT2D eigenvalue weighted by molar-refractivity contribution is 0.124. The van der Waals surface area contributed by atoms with Gasteiger partial charge in [0, 0.05) is 25.0 Å². The Morgan fingerprint density at radius 3 is 2.50 bits per heavy atom. The monoisotopic (exact) mass is 227 g/mol. The largest absolute Gasteiger partial charge is 0.409 e. The van der Waals surface area contributed by atoms with Gasteiger partial charge in [0.15, 0.2) is 0 Å². The van der Waals surface area contributed by atoms with Gasteiger partial charge in [-0.25, -0.2) is 0 Å². The minimum atomic E-state index is 0.335. The van der Waals surface area contributed by atoms with Gasteiger partial charge in [-0.3, -0.25) is 4.90 Å². The first kappa shape index (κ1) is 13.3. The fourth-order valence-electron chi connectivity index (χ4n) is 2.57. The molecule has 1 rings (SSSR count). The third-order valence-corrected chi connectivity index (χ3v) is 3.46. The molecule has 3 N–H and O–H groups in total. The van der Waals surface area contributed by atoms with Crippen molar-refractivity contribution in [3.05, 3.63) is 0 Å². The Morgan fingerprint density at radius 2 is 2.00 bits per heavy atom. The summed E-state index contributed by atoms with van der Waals surface area (Å²) in [6, 6.07) is 1.23. The van der Waals surface area contributed by atoms with E-state index in [1.807, 2.05) is 0 Å². The Bertz CT molecular complexity index is 222. The van der Waals surface area contributed by atoms with Gasteiger partial charge in [0.1, 0.15) is 5.84 Å². The van der Waals surface area contributed by atoms with Crippen molar-refractivity contribution in [1.29, 1.82) is 0 Å². The van der Waals surface area contributed by atoms with Crippen LogP contribution >= 0.6 is 0 Å². The molecular weight excluding hydrogens is 202 g/mol. The van der Waals surface area contributed by atoms with Crippen LogP contribution in [0.1, 0.15) is 52.4 Å². The summed E-state index contributed by atoms with van der Waals surface area (Å²) < 4.78 is 0. The number of rotatable bonds is 5. The van der Waals surface area contributed by atoms with E-state index in [1.54, 1.807) is 0 Å². The molecule has 0 spiro atoms. The molecule has 0 atom stereocenters. The van der Waals surface area contributed by atoms with E-state index in [-0.39, 0.29) is 0 Å². The first-order valence-electron chi connectivity index (χ1n) is 6.37. The smallest absolute Gasteiger partial charge is 0.140 e. The van der Waals surface area contributed by atoms with Crippen LogP contribution in [-0.2, 0) is 0 Å². The van der Waals surface area contributed by atoms with Gasteiger partial charge >= 0.3 is 0 Å². The van der Waals surface area contributed by atoms with Gasteiger partial charge < -0.3 is 10.9 Å². The maximum absolute atomic E-state index is 8.54. The summed E-state index contributed by atoms with van der Waals surface area (Å²) in [6.45, 7) is 5.35. The van der Waals surface area contributed by atoms with Crippen molar-refractivity contribution in [2.45, 2.75) is 64.5 Å². The number of hydrogen-bond donors (Lipinski definition) is 2. The number of oxime groups is 1. The van der Waals surface area contributed by atoms with Crippen molar-refractivity contribution in [2.75, 3.05) is 6.54 Å². The Kier molecular flexibility index (Phi) is 5.60. The van der Waals surface area contributed by atoms with E-state index in [4.69, 9.17) is 10.9 Å². The molecular formula is C12H25N3O. The summed E-state index contributed by atoms with van der Waals surface area (Å²) in [7, 11) is 0. The molecule has 0 unspecified atom stereocenters. The summed E-state index contributed by atoms with van der Waals surface area (Å²) in [4.78, 5) is 2.50. The van der Waals surface area contributed by atoms with E-state index in [0.29, 0.717) is 24.3 Å². The van der Waals surface area contributed by atoms with E-state index in [9.17, 15) is 0 Å². The van der Waals surface area contributed by atoms with E-state index >= 15 is 0 Å². The molecule has 0 aromatic rings. The van der Waals surface area contributed by atoms with Gasteiger partial charge in [-0.15, -0.1) is 0 Å². The maximum Gasteiger partial charge on any atom is 0.140 e. The fraction of sp³-hybridized carbons (Fsp3) is 0.917. The normalized spacial score (nSPS) is 19.6. The molecule has 1 aliphatic rings. The van der Waals surface area contributed by atoms with Crippen LogP contribution in [0.2, 0.25) is 0 Å². The average Bonchev–Trinajstić information content (AvgIpc) is 2.30. The second-order valence-electron chi connectivity index (χ2n) is 4.96. The minimum Gasteiger partial charge on any atom is -0.409 e. The minimum absolute atomic E-state index is 0.335. The van der Waals surface area contributed by atoms with Crippen LogP contribution in [0.3, 0.4) is 0 Å². The predicted molar refractivity (Wildman–Crippen MR) is 66.7 cm³/mol. The summed E-state index contributed by atoms with van der Waals surface area (Å²) in [5.41, 5.74) is 5.52. The lowest BCUT2D eigenvalue weighted by Gasteiger charge is -2.37. The van der Waals surface area contributed by atoms with Crippen LogP contribution in [0.5, 0.6) is 0 Å². The summed E-state index contributed by atoms with van der Waals surface area (Å²) in [5, 5.41) is 11.6. The maximum atomic E-state index is 8.54. The SMILES string of the molecule is CC(C)N(CCC(N)=NO)C1CCCCC1. The number of hydrogen-bond acceptors (Lipinski definition) is 3. The molecule has 16 heavy (non-hydrogen) atoms. The highest BCUT2D eigenvalue weighted by molar-refractivity contribution is 5.79. The van der Waals surface area contributed by atoms with Gasteiger partial charge in [0.2, 0.25) is 0 Å². The zero-order chi connectivity index (χ0) is 12.0. The summed E-state index contributed by atoms with van der Waals surface area (Å²) in [5.74, 6) is 0.335. The summed E-state index contributed by atoms with van der Waals surface area (Å²) >= 11 is 0. The van der Waals surface area contributed by atoms with Crippen LogP contribution < -0.4 is 5.73 Å². The molecule has 0 heterocycles. The first-order valence-corrected chi connectivity index (χ1v) is 6.37. The van der Waals surface area contributed by atoms with Crippen LogP contribution in [0.4, 0.5) is 0 Å². The molecule has 0 aliphatic heterocycles. The summed E-state index contributed by atoms with van der Waals surface area (Å²) in [6.07, 6.45) is 7.32. The topological polar surface area (TPSA) is 61.8 Å². The van der Waals surface area contributed by atoms with E-state index in [1.165, 1.54) is 32.1 Å². The molecule has 0 bridgehead atoms. The zero-order valence-corrected chi connectivity index (χ0v) is 10.5. The van der Waals surface area contributed by atoms with Crippen molar-refractivity contribution < 1.29 is 5.21 Å². The molecule has 1 fully saturated rings. The van der Waals surface area contributed by atoms with E-state index in [0.717, 1.165) is 6.54 Å². The van der Waals surface area contributed by atoms with Crippen molar-refractivity contribution in [3.63, 3.8) is 0 Å². The van der Waals surface area contributed by atoms with Gasteiger partial charge in [0.25, 0.3) is 0 Å². The van der Waals surface area contributed by atoms with Crippen LogP contribution in [0, 0.1) is 0 Å². The van der Waals surface area contributed by atoms with Crippen LogP contribution in [0.15, 0.2) is 5.16 Å². The van der Waals surface area contributed by atoms with Gasteiger partial charge in [-0.05, 0) is 26.7 Å². The van der Waals surface area contributed by atoms with Crippen molar-refractivity contribution in [1.82, 2.24) is 4.90 Å². The highest BCUT2D eigenvalue weighted by atomic mass is 16.4. The van der Waals surface area contributed by atoms with Gasteiger partial charge in [0.05, 0.1) is 0 Å². The number of nitrogens with two attached hydrogens (primary N) is 1. The molecule has 0 saturated heterocycles. The lowest BCUT2D eigenvalue weighted by Crippen LogP contribution is -2.43. The highest BCUT2D eigenvalue weighted by Gasteiger charge is 2.22. The quantitative estimate of drug-likeness (QED) is 0.327. The predicted octanol–water partition coefficient (Wildman–Crippen LogP) is 2.17. The third-order valence-electron chi connectivity index (χ3n) is 3.46. The molecule has 0 aromatic carbocycles. The standard InChI is InChI=1S/C12H25N3O/c1-10(2)15(9-8-12(13)14-16)11-6-4-3-5-7-11/h10-11,16H,3-9H2,1-2H3,(H2,13,14). The average molecular weight is 227 g/mol. The molecule has 1 aliphatic carbocycles. The van der Waals surface area contributed by atoms with Gasteiger partial charge in [-0.1, -0.05) is 24.4 Å². The van der Waals surface area contributed by atoms with Gasteiger partial charge in [-0.2, -0.15) is 0 Å². The Morgan fingerprint density at radius 1 is 1.38 bits per heavy atom. The Hall–Kier alpha value is -0.770. The number of amidine groups is 1. The fourth-order valence-corrected chi connectivity index (χ4v) is 2.57.